The van der Waals surface area contributed by atoms with Crippen LogP contribution < -0.4 is 4.74 Å². The molecule has 2 nitrogen and oxygen atoms in total. The highest BCUT2D eigenvalue weighted by Crippen LogP contribution is 2.25. The second-order valence-corrected chi connectivity index (χ2v) is 5.18. The Labute approximate surface area is 121 Å². The number of halogens is 1. The summed E-state index contributed by atoms with van der Waals surface area (Å²) >= 11 is 3.45. The van der Waals surface area contributed by atoms with E-state index in [1.54, 1.807) is 0 Å². The molecular weight excluding hydrogens is 304 g/mol. The molecule has 2 rings (SSSR count). The van der Waals surface area contributed by atoms with Crippen molar-refractivity contribution in [2.75, 3.05) is 6.61 Å². The van der Waals surface area contributed by atoms with Crippen molar-refractivity contribution < 1.29 is 9.53 Å². The van der Waals surface area contributed by atoms with Crippen molar-refractivity contribution in [3.05, 3.63) is 64.1 Å². The van der Waals surface area contributed by atoms with E-state index < -0.39 is 0 Å². The van der Waals surface area contributed by atoms with Crippen LogP contribution in [0.4, 0.5) is 0 Å². The molecule has 0 saturated carbocycles. The minimum atomic E-state index is 0.101. The summed E-state index contributed by atoms with van der Waals surface area (Å²) in [5, 5.41) is 0. The minimum Gasteiger partial charge on any atom is -0.492 e. The molecule has 0 unspecified atom stereocenters. The molecule has 0 saturated heterocycles. The topological polar surface area (TPSA) is 26.3 Å². The Morgan fingerprint density at radius 2 is 1.89 bits per heavy atom. The first-order chi connectivity index (χ1) is 9.16. The number of carbonyl (C=O) groups excluding carboxylic acids is 1. The number of hydrogen-bond acceptors (Lipinski definition) is 2. The van der Waals surface area contributed by atoms with Gasteiger partial charge in [0, 0.05) is 12.0 Å². The quantitative estimate of drug-likeness (QED) is 0.763. The summed E-state index contributed by atoms with van der Waals surface area (Å²) < 4.78 is 6.53. The lowest BCUT2D eigenvalue weighted by Crippen LogP contribution is -2.06. The lowest BCUT2D eigenvalue weighted by Gasteiger charge is -2.08. The molecule has 0 amide bonds. The molecule has 19 heavy (non-hydrogen) atoms. The normalized spacial score (nSPS) is 10.2. The zero-order valence-corrected chi connectivity index (χ0v) is 12.3. The maximum Gasteiger partial charge on any atom is 0.166 e. The molecule has 0 spiro atoms. The van der Waals surface area contributed by atoms with Crippen LogP contribution in [0.5, 0.6) is 5.75 Å². The van der Waals surface area contributed by atoms with Crippen LogP contribution in [0.25, 0.3) is 0 Å². The molecule has 3 heteroatoms. The molecular formula is C16H15BrO2. The van der Waals surface area contributed by atoms with Crippen molar-refractivity contribution >= 4 is 21.7 Å². The average Bonchev–Trinajstić information content (AvgIpc) is 2.42. The Kier molecular flexibility index (Phi) is 4.74. The summed E-state index contributed by atoms with van der Waals surface area (Å²) in [6, 6.07) is 15.2. The van der Waals surface area contributed by atoms with Gasteiger partial charge in [0.1, 0.15) is 5.75 Å². The van der Waals surface area contributed by atoms with Crippen molar-refractivity contribution in [1.29, 1.82) is 0 Å². The van der Waals surface area contributed by atoms with Crippen LogP contribution in [0.1, 0.15) is 22.3 Å². The predicted octanol–water partition coefficient (Wildman–Crippen LogP) is 4.41. The van der Waals surface area contributed by atoms with Crippen molar-refractivity contribution in [3.8, 4) is 5.75 Å². The zero-order valence-electron chi connectivity index (χ0n) is 10.7. The molecule has 2 aromatic carbocycles. The Hall–Kier alpha value is -1.61. The Morgan fingerprint density at radius 3 is 2.58 bits per heavy atom. The molecule has 98 valence electrons. The smallest absolute Gasteiger partial charge is 0.166 e. The van der Waals surface area contributed by atoms with Crippen molar-refractivity contribution in [2.24, 2.45) is 0 Å². The van der Waals surface area contributed by atoms with E-state index in [4.69, 9.17) is 4.74 Å². The molecule has 0 bridgehead atoms. The number of carbonyl (C=O) groups is 1. The lowest BCUT2D eigenvalue weighted by atomic mass is 10.1. The molecule has 0 radical (unpaired) electrons. The second-order valence-electron chi connectivity index (χ2n) is 4.32. The average molecular weight is 319 g/mol. The number of Topliss-reactive ketones (excluding diaryl/α,β-unsaturated/α-hetero) is 1. The summed E-state index contributed by atoms with van der Waals surface area (Å²) in [6.45, 7) is 2.41. The van der Waals surface area contributed by atoms with Gasteiger partial charge in [-0.05, 0) is 40.5 Å². The van der Waals surface area contributed by atoms with Gasteiger partial charge in [0.25, 0.3) is 0 Å². The van der Waals surface area contributed by atoms with Gasteiger partial charge in [0.05, 0.1) is 11.1 Å². The SMILES string of the molecule is Cc1ccc(OCCC(=O)c2ccccc2)c(Br)c1. The van der Waals surface area contributed by atoms with E-state index in [1.807, 2.05) is 55.5 Å². The Morgan fingerprint density at radius 1 is 1.16 bits per heavy atom. The van der Waals surface area contributed by atoms with Gasteiger partial charge in [-0.3, -0.25) is 4.79 Å². The first-order valence-electron chi connectivity index (χ1n) is 6.14. The van der Waals surface area contributed by atoms with Gasteiger partial charge in [-0.2, -0.15) is 0 Å². The summed E-state index contributed by atoms with van der Waals surface area (Å²) in [4.78, 5) is 11.9. The van der Waals surface area contributed by atoms with E-state index >= 15 is 0 Å². The van der Waals surface area contributed by atoms with Crippen molar-refractivity contribution in [2.45, 2.75) is 13.3 Å². The molecule has 0 aliphatic carbocycles. The third kappa shape index (κ3) is 3.93. The minimum absolute atomic E-state index is 0.101. The first-order valence-corrected chi connectivity index (χ1v) is 6.93. The molecule has 0 atom stereocenters. The predicted molar refractivity (Wildman–Crippen MR) is 79.8 cm³/mol. The van der Waals surface area contributed by atoms with Gasteiger partial charge < -0.3 is 4.74 Å². The highest BCUT2D eigenvalue weighted by atomic mass is 79.9. The van der Waals surface area contributed by atoms with Gasteiger partial charge in [0.2, 0.25) is 0 Å². The third-order valence-corrected chi connectivity index (χ3v) is 3.39. The Balaban J connectivity index is 1.88. The van der Waals surface area contributed by atoms with E-state index in [0.717, 1.165) is 15.8 Å². The summed E-state index contributed by atoms with van der Waals surface area (Å²) in [5.41, 5.74) is 1.90. The molecule has 0 heterocycles. The number of ketones is 1. The van der Waals surface area contributed by atoms with E-state index in [1.165, 1.54) is 5.56 Å². The second kappa shape index (κ2) is 6.53. The molecule has 0 fully saturated rings. The van der Waals surface area contributed by atoms with Gasteiger partial charge in [0.15, 0.2) is 5.78 Å². The highest BCUT2D eigenvalue weighted by Gasteiger charge is 2.06. The lowest BCUT2D eigenvalue weighted by molar-refractivity contribution is 0.0962. The summed E-state index contributed by atoms with van der Waals surface area (Å²) in [6.07, 6.45) is 0.379. The maximum atomic E-state index is 11.9. The third-order valence-electron chi connectivity index (χ3n) is 2.77. The number of benzene rings is 2. The molecule has 2 aromatic rings. The van der Waals surface area contributed by atoms with Crippen LogP contribution >= 0.6 is 15.9 Å². The molecule has 0 aliphatic rings. The molecule has 0 aliphatic heterocycles. The van der Waals surface area contributed by atoms with Crippen LogP contribution in [0.15, 0.2) is 53.0 Å². The largest absolute Gasteiger partial charge is 0.492 e. The van der Waals surface area contributed by atoms with E-state index in [2.05, 4.69) is 15.9 Å². The first kappa shape index (κ1) is 13.8. The van der Waals surface area contributed by atoms with E-state index in [0.29, 0.717) is 13.0 Å². The number of aryl methyl sites for hydroxylation is 1. The summed E-state index contributed by atoms with van der Waals surface area (Å²) in [5.74, 6) is 0.871. The molecule has 0 aromatic heterocycles. The van der Waals surface area contributed by atoms with Crippen LogP contribution in [-0.4, -0.2) is 12.4 Å². The maximum absolute atomic E-state index is 11.9. The zero-order chi connectivity index (χ0) is 13.7. The van der Waals surface area contributed by atoms with Gasteiger partial charge in [-0.15, -0.1) is 0 Å². The highest BCUT2D eigenvalue weighted by molar-refractivity contribution is 9.10. The van der Waals surface area contributed by atoms with Gasteiger partial charge in [-0.25, -0.2) is 0 Å². The number of rotatable bonds is 5. The number of hydrogen-bond donors (Lipinski definition) is 0. The fourth-order valence-electron chi connectivity index (χ4n) is 1.74. The van der Waals surface area contributed by atoms with Gasteiger partial charge >= 0.3 is 0 Å². The number of ether oxygens (including phenoxy) is 1. The van der Waals surface area contributed by atoms with Crippen LogP contribution in [-0.2, 0) is 0 Å². The molecule has 0 N–H and O–H groups in total. The van der Waals surface area contributed by atoms with E-state index in [-0.39, 0.29) is 5.78 Å². The fourth-order valence-corrected chi connectivity index (χ4v) is 2.35. The van der Waals surface area contributed by atoms with E-state index in [9.17, 15) is 4.79 Å². The van der Waals surface area contributed by atoms with Gasteiger partial charge in [-0.1, -0.05) is 36.4 Å². The standard InChI is InChI=1S/C16H15BrO2/c1-12-7-8-16(14(17)11-12)19-10-9-15(18)13-5-3-2-4-6-13/h2-8,11H,9-10H2,1H3. The summed E-state index contributed by atoms with van der Waals surface area (Å²) in [7, 11) is 0. The van der Waals surface area contributed by atoms with Crippen molar-refractivity contribution in [3.63, 3.8) is 0 Å². The monoisotopic (exact) mass is 318 g/mol. The van der Waals surface area contributed by atoms with Crippen molar-refractivity contribution in [1.82, 2.24) is 0 Å². The fraction of sp³-hybridized carbons (Fsp3) is 0.188. The van der Waals surface area contributed by atoms with Crippen LogP contribution in [0.3, 0.4) is 0 Å². The van der Waals surface area contributed by atoms with Crippen LogP contribution in [0.2, 0.25) is 0 Å². The van der Waals surface area contributed by atoms with Crippen LogP contribution in [0, 0.1) is 6.92 Å². The Bertz CT molecular complexity index is 564.